The summed E-state index contributed by atoms with van der Waals surface area (Å²) in [6.45, 7) is 4.44. The molecule has 0 radical (unpaired) electrons. The van der Waals surface area contributed by atoms with E-state index in [4.69, 9.17) is 10.5 Å². The Hall–Kier alpha value is -1.49. The van der Waals surface area contributed by atoms with Gasteiger partial charge in [-0.15, -0.1) is 0 Å². The lowest BCUT2D eigenvalue weighted by Gasteiger charge is -2.23. The normalized spacial score (nSPS) is 14.3. The molecule has 2 rings (SSSR count). The van der Waals surface area contributed by atoms with E-state index in [1.54, 1.807) is 0 Å². The summed E-state index contributed by atoms with van der Waals surface area (Å²) in [6, 6.07) is 3.73. The van der Waals surface area contributed by atoms with Crippen LogP contribution >= 0.6 is 0 Å². The lowest BCUT2D eigenvalue weighted by Crippen LogP contribution is -2.28. The number of ether oxygens (including phenoxy) is 1. The topological polar surface area (TPSA) is 71.6 Å². The van der Waals surface area contributed by atoms with Gasteiger partial charge >= 0.3 is 0 Å². The third kappa shape index (κ3) is 4.27. The highest BCUT2D eigenvalue weighted by molar-refractivity contribution is 5.54. The van der Waals surface area contributed by atoms with Crippen molar-refractivity contribution in [1.82, 2.24) is 4.98 Å². The summed E-state index contributed by atoms with van der Waals surface area (Å²) in [5.74, 6) is 2.02. The Bertz CT molecular complexity index is 422. The van der Waals surface area contributed by atoms with Crippen molar-refractivity contribution in [3.8, 4) is 5.88 Å². The number of pyridine rings is 1. The van der Waals surface area contributed by atoms with Crippen LogP contribution in [0.25, 0.3) is 0 Å². The lowest BCUT2D eigenvalue weighted by molar-refractivity contribution is 0.289. The number of aliphatic hydroxyl groups excluding tert-OH is 1. The van der Waals surface area contributed by atoms with Crippen molar-refractivity contribution in [2.75, 3.05) is 36.9 Å². The fraction of sp³-hybridized carbons (Fsp3) is 0.667. The van der Waals surface area contributed by atoms with Gasteiger partial charge in [0.2, 0.25) is 5.88 Å². The molecule has 1 fully saturated rings. The monoisotopic (exact) mass is 279 g/mol. The Balaban J connectivity index is 2.05. The number of nitrogens with zero attached hydrogens (tertiary/aromatic N) is 2. The Kier molecular flexibility index (Phi) is 5.47. The van der Waals surface area contributed by atoms with Gasteiger partial charge in [0.05, 0.1) is 18.9 Å². The highest BCUT2D eigenvalue weighted by Gasteiger charge is 2.22. The van der Waals surface area contributed by atoms with Gasteiger partial charge in [-0.2, -0.15) is 4.98 Å². The van der Waals surface area contributed by atoms with E-state index < -0.39 is 0 Å². The molecule has 1 aliphatic carbocycles. The van der Waals surface area contributed by atoms with Gasteiger partial charge in [0.25, 0.3) is 0 Å². The van der Waals surface area contributed by atoms with Crippen LogP contribution < -0.4 is 15.4 Å². The zero-order valence-electron chi connectivity index (χ0n) is 12.2. The van der Waals surface area contributed by atoms with E-state index >= 15 is 0 Å². The van der Waals surface area contributed by atoms with Crippen LogP contribution in [0.5, 0.6) is 5.88 Å². The Morgan fingerprint density at radius 2 is 2.20 bits per heavy atom. The minimum atomic E-state index is 0.119. The number of hydrogen-bond donors (Lipinski definition) is 2. The van der Waals surface area contributed by atoms with E-state index in [1.165, 1.54) is 12.8 Å². The summed E-state index contributed by atoms with van der Waals surface area (Å²) >= 11 is 0. The molecule has 0 unspecified atom stereocenters. The fourth-order valence-electron chi connectivity index (χ4n) is 2.03. The van der Waals surface area contributed by atoms with E-state index in [0.29, 0.717) is 30.6 Å². The van der Waals surface area contributed by atoms with Crippen LogP contribution in [-0.4, -0.2) is 36.4 Å². The number of hydrogen-bond acceptors (Lipinski definition) is 5. The first-order valence-electron chi connectivity index (χ1n) is 7.49. The van der Waals surface area contributed by atoms with Crippen molar-refractivity contribution in [2.24, 2.45) is 5.92 Å². The summed E-state index contributed by atoms with van der Waals surface area (Å²) < 4.78 is 5.71. The first-order chi connectivity index (χ1) is 9.74. The van der Waals surface area contributed by atoms with Crippen molar-refractivity contribution >= 4 is 11.5 Å². The van der Waals surface area contributed by atoms with Gasteiger partial charge in [-0.1, -0.05) is 13.3 Å². The highest BCUT2D eigenvalue weighted by atomic mass is 16.5. The number of unbranched alkanes of at least 4 members (excludes halogenated alkanes) is 1. The molecule has 0 aromatic carbocycles. The zero-order valence-corrected chi connectivity index (χ0v) is 12.2. The number of nitrogen functional groups attached to an aromatic ring is 1. The molecule has 0 amide bonds. The summed E-state index contributed by atoms with van der Waals surface area (Å²) in [4.78, 5) is 6.59. The molecule has 112 valence electrons. The van der Waals surface area contributed by atoms with Crippen LogP contribution in [0.4, 0.5) is 11.5 Å². The van der Waals surface area contributed by atoms with Gasteiger partial charge in [-0.05, 0) is 37.3 Å². The molecule has 5 nitrogen and oxygen atoms in total. The quantitative estimate of drug-likeness (QED) is 0.724. The van der Waals surface area contributed by atoms with E-state index in [0.717, 1.165) is 25.2 Å². The van der Waals surface area contributed by atoms with Gasteiger partial charge in [-0.25, -0.2) is 0 Å². The molecular weight excluding hydrogens is 254 g/mol. The highest BCUT2D eigenvalue weighted by Crippen LogP contribution is 2.31. The van der Waals surface area contributed by atoms with Crippen molar-refractivity contribution < 1.29 is 9.84 Å². The van der Waals surface area contributed by atoms with Crippen molar-refractivity contribution in [3.05, 3.63) is 12.1 Å². The fourth-order valence-corrected chi connectivity index (χ4v) is 2.03. The van der Waals surface area contributed by atoms with E-state index in [-0.39, 0.29) is 6.61 Å². The summed E-state index contributed by atoms with van der Waals surface area (Å²) in [7, 11) is 0. The molecule has 1 heterocycles. The van der Waals surface area contributed by atoms with Gasteiger partial charge < -0.3 is 20.5 Å². The third-order valence-electron chi connectivity index (χ3n) is 3.50. The Morgan fingerprint density at radius 1 is 1.40 bits per heavy atom. The van der Waals surface area contributed by atoms with Gasteiger partial charge in [0.15, 0.2) is 0 Å². The molecule has 20 heavy (non-hydrogen) atoms. The predicted octanol–water partition coefficient (Wildman–Crippen LogP) is 2.05. The first kappa shape index (κ1) is 14.9. The van der Waals surface area contributed by atoms with Crippen LogP contribution in [0.15, 0.2) is 12.1 Å². The summed E-state index contributed by atoms with van der Waals surface area (Å²) in [6.07, 6.45) is 4.67. The van der Waals surface area contributed by atoms with Crippen LogP contribution in [0.2, 0.25) is 0 Å². The smallest absolute Gasteiger partial charge is 0.239 e. The van der Waals surface area contributed by atoms with Crippen LogP contribution in [-0.2, 0) is 0 Å². The minimum absolute atomic E-state index is 0.119. The molecule has 0 saturated heterocycles. The van der Waals surface area contributed by atoms with Crippen molar-refractivity contribution in [1.29, 1.82) is 0 Å². The van der Waals surface area contributed by atoms with Crippen molar-refractivity contribution in [3.63, 3.8) is 0 Å². The molecule has 0 bridgehead atoms. The largest absolute Gasteiger partial charge is 0.476 e. The minimum Gasteiger partial charge on any atom is -0.476 e. The summed E-state index contributed by atoms with van der Waals surface area (Å²) in [5, 5.41) is 9.18. The molecule has 1 aromatic rings. The number of aromatic nitrogens is 1. The standard InChI is InChI=1S/C15H25N3O2/c1-2-3-8-18(9-10-19)14-7-6-13(16)15(17-14)20-11-12-4-5-12/h6-7,12,19H,2-5,8-11,16H2,1H3. The van der Waals surface area contributed by atoms with E-state index in [1.807, 2.05) is 12.1 Å². The molecule has 0 aliphatic heterocycles. The SMILES string of the molecule is CCCCN(CCO)c1ccc(N)c(OCC2CC2)n1. The number of aliphatic hydroxyl groups is 1. The maximum Gasteiger partial charge on any atom is 0.239 e. The molecule has 1 aromatic heterocycles. The number of nitrogens with two attached hydrogens (primary N) is 1. The van der Waals surface area contributed by atoms with Crippen LogP contribution in [0.3, 0.4) is 0 Å². The average Bonchev–Trinajstić information content (AvgIpc) is 3.27. The molecule has 1 saturated carbocycles. The zero-order chi connectivity index (χ0) is 14.4. The molecular formula is C15H25N3O2. The average molecular weight is 279 g/mol. The Morgan fingerprint density at radius 3 is 2.85 bits per heavy atom. The second kappa shape index (κ2) is 7.33. The second-order valence-corrected chi connectivity index (χ2v) is 5.38. The molecule has 0 spiro atoms. The lowest BCUT2D eigenvalue weighted by atomic mass is 10.3. The molecule has 0 atom stereocenters. The van der Waals surface area contributed by atoms with E-state index in [9.17, 15) is 5.11 Å². The first-order valence-corrected chi connectivity index (χ1v) is 7.49. The molecule has 5 heteroatoms. The third-order valence-corrected chi connectivity index (χ3v) is 3.50. The van der Waals surface area contributed by atoms with Gasteiger partial charge in [-0.3, -0.25) is 0 Å². The van der Waals surface area contributed by atoms with Gasteiger partial charge in [0, 0.05) is 13.1 Å². The molecule has 3 N–H and O–H groups in total. The maximum absolute atomic E-state index is 9.18. The number of anilines is 2. The molecule has 1 aliphatic rings. The van der Waals surface area contributed by atoms with E-state index in [2.05, 4.69) is 16.8 Å². The second-order valence-electron chi connectivity index (χ2n) is 5.38. The Labute approximate surface area is 120 Å². The van der Waals surface area contributed by atoms with Crippen LogP contribution in [0, 0.1) is 5.92 Å². The van der Waals surface area contributed by atoms with Crippen molar-refractivity contribution in [2.45, 2.75) is 32.6 Å². The van der Waals surface area contributed by atoms with Gasteiger partial charge in [0.1, 0.15) is 5.82 Å². The summed E-state index contributed by atoms with van der Waals surface area (Å²) in [5.41, 5.74) is 6.49. The number of rotatable bonds is 9. The van der Waals surface area contributed by atoms with Crippen LogP contribution in [0.1, 0.15) is 32.6 Å². The predicted molar refractivity (Wildman–Crippen MR) is 81.1 cm³/mol. The maximum atomic E-state index is 9.18.